The molecule has 11 heteroatoms. The standard InChI is InChI=1S/C19H18F4N2O4S/c1-12-2-3-13(10-17(12)30(27,28)25-6-8-29-9-7-25)18(26)24-16-11-14(19(21,22)23)4-5-15(16)20/h2-5,10-11H,6-9H2,1H3,(H,24,26). The van der Waals surface area contributed by atoms with Crippen LogP contribution in [0.15, 0.2) is 41.3 Å². The van der Waals surface area contributed by atoms with E-state index in [1.807, 2.05) is 0 Å². The summed E-state index contributed by atoms with van der Waals surface area (Å²) in [6.07, 6.45) is -4.71. The highest BCUT2D eigenvalue weighted by molar-refractivity contribution is 7.89. The number of hydrogen-bond donors (Lipinski definition) is 1. The number of nitrogens with one attached hydrogen (secondary N) is 1. The molecule has 2 aromatic rings. The predicted octanol–water partition coefficient (Wildman–Crippen LogP) is 3.43. The van der Waals surface area contributed by atoms with Crippen molar-refractivity contribution in [3.05, 3.63) is 58.9 Å². The van der Waals surface area contributed by atoms with Crippen molar-refractivity contribution in [2.24, 2.45) is 0 Å². The van der Waals surface area contributed by atoms with E-state index in [1.54, 1.807) is 6.92 Å². The van der Waals surface area contributed by atoms with Crippen LogP contribution in [0, 0.1) is 12.7 Å². The number of anilines is 1. The van der Waals surface area contributed by atoms with Crippen LogP contribution in [0.2, 0.25) is 0 Å². The number of benzene rings is 2. The zero-order valence-electron chi connectivity index (χ0n) is 15.8. The second-order valence-corrected chi connectivity index (χ2v) is 8.55. The zero-order chi connectivity index (χ0) is 22.1. The van der Waals surface area contributed by atoms with Gasteiger partial charge in [0.25, 0.3) is 5.91 Å². The Morgan fingerprint density at radius 2 is 1.77 bits per heavy atom. The molecule has 0 bridgehead atoms. The molecule has 1 saturated heterocycles. The van der Waals surface area contributed by atoms with Crippen molar-refractivity contribution in [1.29, 1.82) is 0 Å². The topological polar surface area (TPSA) is 75.7 Å². The number of hydrogen-bond acceptors (Lipinski definition) is 4. The number of rotatable bonds is 4. The molecule has 0 saturated carbocycles. The number of morpholine rings is 1. The van der Waals surface area contributed by atoms with E-state index in [1.165, 1.54) is 16.4 Å². The van der Waals surface area contributed by atoms with Crippen LogP contribution in [0.3, 0.4) is 0 Å². The molecule has 6 nitrogen and oxygen atoms in total. The fraction of sp³-hybridized carbons (Fsp3) is 0.316. The van der Waals surface area contributed by atoms with E-state index < -0.39 is 39.2 Å². The van der Waals surface area contributed by atoms with Crippen molar-refractivity contribution in [3.63, 3.8) is 0 Å². The van der Waals surface area contributed by atoms with E-state index >= 15 is 0 Å². The lowest BCUT2D eigenvalue weighted by atomic mass is 10.1. The molecule has 1 aliphatic rings. The summed E-state index contributed by atoms with van der Waals surface area (Å²) in [5, 5.41) is 2.07. The van der Waals surface area contributed by atoms with Crippen molar-refractivity contribution in [2.45, 2.75) is 18.0 Å². The van der Waals surface area contributed by atoms with E-state index in [0.29, 0.717) is 23.8 Å². The van der Waals surface area contributed by atoms with Gasteiger partial charge >= 0.3 is 6.18 Å². The Morgan fingerprint density at radius 1 is 1.10 bits per heavy atom. The maximum Gasteiger partial charge on any atom is 0.416 e. The second kappa shape index (κ2) is 8.32. The summed E-state index contributed by atoms with van der Waals surface area (Å²) in [4.78, 5) is 12.4. The molecule has 0 radical (unpaired) electrons. The molecule has 1 heterocycles. The summed E-state index contributed by atoms with van der Waals surface area (Å²) in [5.74, 6) is -1.99. The number of alkyl halides is 3. The third-order valence-electron chi connectivity index (χ3n) is 4.58. The molecule has 1 fully saturated rings. The third-order valence-corrected chi connectivity index (χ3v) is 6.62. The monoisotopic (exact) mass is 446 g/mol. The molecular formula is C19H18F4N2O4S. The number of halogens is 4. The molecule has 0 aliphatic carbocycles. The first-order chi connectivity index (χ1) is 14.0. The number of sulfonamides is 1. The quantitative estimate of drug-likeness (QED) is 0.731. The van der Waals surface area contributed by atoms with Crippen molar-refractivity contribution in [3.8, 4) is 0 Å². The van der Waals surface area contributed by atoms with Gasteiger partial charge in [-0.05, 0) is 42.8 Å². The Balaban J connectivity index is 1.90. The van der Waals surface area contributed by atoms with Crippen LogP contribution in [-0.4, -0.2) is 44.9 Å². The van der Waals surface area contributed by atoms with Crippen LogP contribution < -0.4 is 5.32 Å². The average Bonchev–Trinajstić information content (AvgIpc) is 2.69. The van der Waals surface area contributed by atoms with Gasteiger partial charge in [0.1, 0.15) is 5.82 Å². The molecule has 3 rings (SSSR count). The molecule has 0 spiro atoms. The first kappa shape index (κ1) is 22.2. The minimum Gasteiger partial charge on any atom is -0.379 e. The minimum absolute atomic E-state index is 0.110. The van der Waals surface area contributed by atoms with Crippen molar-refractivity contribution < 1.29 is 35.5 Å². The molecule has 0 atom stereocenters. The third kappa shape index (κ3) is 4.63. The van der Waals surface area contributed by atoms with Crippen LogP contribution in [0.4, 0.5) is 23.2 Å². The fourth-order valence-corrected chi connectivity index (χ4v) is 4.60. The molecule has 1 N–H and O–H groups in total. The second-order valence-electron chi connectivity index (χ2n) is 6.64. The highest BCUT2D eigenvalue weighted by atomic mass is 32.2. The first-order valence-electron chi connectivity index (χ1n) is 8.87. The summed E-state index contributed by atoms with van der Waals surface area (Å²) in [6, 6.07) is 5.48. The molecule has 1 aliphatic heterocycles. The largest absolute Gasteiger partial charge is 0.416 e. The fourth-order valence-electron chi connectivity index (χ4n) is 2.94. The first-order valence-corrected chi connectivity index (χ1v) is 10.3. The van der Waals surface area contributed by atoms with Crippen LogP contribution in [0.25, 0.3) is 0 Å². The van der Waals surface area contributed by atoms with Crippen molar-refractivity contribution in [1.82, 2.24) is 4.31 Å². The van der Waals surface area contributed by atoms with Crippen molar-refractivity contribution in [2.75, 3.05) is 31.6 Å². The summed E-state index contributed by atoms with van der Waals surface area (Å²) in [6.45, 7) is 2.36. The lowest BCUT2D eigenvalue weighted by molar-refractivity contribution is -0.137. The van der Waals surface area contributed by atoms with Gasteiger partial charge in [-0.25, -0.2) is 12.8 Å². The van der Waals surface area contributed by atoms with Gasteiger partial charge < -0.3 is 10.1 Å². The highest BCUT2D eigenvalue weighted by Gasteiger charge is 2.32. The maximum atomic E-state index is 13.9. The van der Waals surface area contributed by atoms with Gasteiger partial charge in [0.15, 0.2) is 0 Å². The Hall–Kier alpha value is -2.50. The number of aryl methyl sites for hydroxylation is 1. The van der Waals surface area contributed by atoms with Gasteiger partial charge in [-0.3, -0.25) is 4.79 Å². The average molecular weight is 446 g/mol. The summed E-state index contributed by atoms with van der Waals surface area (Å²) in [7, 11) is -3.91. The van der Waals surface area contributed by atoms with Crippen LogP contribution in [-0.2, 0) is 20.9 Å². The molecule has 1 amide bonds. The van der Waals surface area contributed by atoms with E-state index in [2.05, 4.69) is 5.32 Å². The van der Waals surface area contributed by atoms with E-state index in [9.17, 15) is 30.8 Å². The Morgan fingerprint density at radius 3 is 2.40 bits per heavy atom. The normalized spacial score (nSPS) is 15.8. The van der Waals surface area contributed by atoms with E-state index in [-0.39, 0.29) is 36.8 Å². The number of ether oxygens (including phenoxy) is 1. The van der Waals surface area contributed by atoms with Crippen molar-refractivity contribution >= 4 is 21.6 Å². The summed E-state index contributed by atoms with van der Waals surface area (Å²) in [5.41, 5.74) is -1.53. The van der Waals surface area contributed by atoms with Gasteiger partial charge in [0, 0.05) is 18.7 Å². The molecule has 2 aromatic carbocycles. The van der Waals surface area contributed by atoms with Gasteiger partial charge in [-0.15, -0.1) is 0 Å². The van der Waals surface area contributed by atoms with Gasteiger partial charge in [-0.2, -0.15) is 17.5 Å². The number of nitrogens with zero attached hydrogens (tertiary/aromatic N) is 1. The Bertz CT molecular complexity index is 1060. The van der Waals surface area contributed by atoms with E-state index in [0.717, 1.165) is 6.07 Å². The van der Waals surface area contributed by atoms with Crippen LogP contribution in [0.5, 0.6) is 0 Å². The van der Waals surface area contributed by atoms with Crippen LogP contribution >= 0.6 is 0 Å². The number of carbonyl (C=O) groups excluding carboxylic acids is 1. The number of carbonyl (C=O) groups is 1. The van der Waals surface area contributed by atoms with Crippen LogP contribution in [0.1, 0.15) is 21.5 Å². The maximum absolute atomic E-state index is 13.9. The SMILES string of the molecule is Cc1ccc(C(=O)Nc2cc(C(F)(F)F)ccc2F)cc1S(=O)(=O)N1CCOCC1. The van der Waals surface area contributed by atoms with Gasteiger partial charge in [0.2, 0.25) is 10.0 Å². The molecular weight excluding hydrogens is 428 g/mol. The smallest absolute Gasteiger partial charge is 0.379 e. The van der Waals surface area contributed by atoms with Gasteiger partial charge in [-0.1, -0.05) is 6.07 Å². The zero-order valence-corrected chi connectivity index (χ0v) is 16.6. The minimum atomic E-state index is -4.71. The summed E-state index contributed by atoms with van der Waals surface area (Å²) < 4.78 is 84.6. The lowest BCUT2D eigenvalue weighted by Gasteiger charge is -2.26. The number of amides is 1. The Kier molecular flexibility index (Phi) is 6.16. The van der Waals surface area contributed by atoms with Gasteiger partial charge in [0.05, 0.1) is 29.4 Å². The molecule has 0 unspecified atom stereocenters. The molecule has 162 valence electrons. The predicted molar refractivity (Wildman–Crippen MR) is 100 cm³/mol. The summed E-state index contributed by atoms with van der Waals surface area (Å²) >= 11 is 0. The molecule has 0 aromatic heterocycles. The van der Waals surface area contributed by atoms with E-state index in [4.69, 9.17) is 4.74 Å². The highest BCUT2D eigenvalue weighted by Crippen LogP contribution is 2.32. The molecule has 30 heavy (non-hydrogen) atoms. The Labute approximate surface area is 170 Å². The lowest BCUT2D eigenvalue weighted by Crippen LogP contribution is -2.40.